The highest BCUT2D eigenvalue weighted by atomic mass is 16.5. The Morgan fingerprint density at radius 3 is 2.53 bits per heavy atom. The zero-order chi connectivity index (χ0) is 14.5. The van der Waals surface area contributed by atoms with Crippen LogP contribution in [0, 0.1) is 5.92 Å². The van der Waals surface area contributed by atoms with Crippen molar-refractivity contribution in [1.82, 2.24) is 10.2 Å². The van der Waals surface area contributed by atoms with E-state index in [4.69, 9.17) is 4.74 Å². The van der Waals surface area contributed by atoms with Gasteiger partial charge < -0.3 is 10.1 Å². The lowest BCUT2D eigenvalue weighted by atomic mass is 9.97. The maximum atomic E-state index is 5.88. The summed E-state index contributed by atoms with van der Waals surface area (Å²) in [4.78, 5) is 2.64. The van der Waals surface area contributed by atoms with Crippen LogP contribution in [0.15, 0.2) is 0 Å². The molecule has 0 aromatic rings. The molecule has 1 saturated heterocycles. The third-order valence-electron chi connectivity index (χ3n) is 3.96. The molecule has 2 atom stereocenters. The van der Waals surface area contributed by atoms with E-state index in [9.17, 15) is 0 Å². The standard InChI is InChI=1S/C16H34N2O/c1-7-15-10-17-14(9-13(3)4)11-18(15)12-16(5,6)19-8-2/h13-15,17H,7-12H2,1-6H3. The molecular weight excluding hydrogens is 236 g/mol. The molecule has 0 amide bonds. The predicted molar refractivity (Wildman–Crippen MR) is 82.6 cm³/mol. The number of nitrogens with one attached hydrogen (secondary N) is 1. The highest BCUT2D eigenvalue weighted by molar-refractivity contribution is 4.89. The molecule has 19 heavy (non-hydrogen) atoms. The Morgan fingerprint density at radius 1 is 1.32 bits per heavy atom. The fraction of sp³-hybridized carbons (Fsp3) is 1.00. The van der Waals surface area contributed by atoms with Crippen LogP contribution in [0.25, 0.3) is 0 Å². The molecule has 114 valence electrons. The van der Waals surface area contributed by atoms with Gasteiger partial charge in [-0.25, -0.2) is 0 Å². The normalized spacial score (nSPS) is 26.1. The summed E-state index contributed by atoms with van der Waals surface area (Å²) in [6, 6.07) is 1.29. The first-order chi connectivity index (χ1) is 8.88. The van der Waals surface area contributed by atoms with Crippen LogP contribution in [0.1, 0.15) is 54.4 Å². The number of rotatable bonds is 7. The Bertz CT molecular complexity index is 253. The van der Waals surface area contributed by atoms with Crippen molar-refractivity contribution in [1.29, 1.82) is 0 Å². The number of hydrogen-bond donors (Lipinski definition) is 1. The van der Waals surface area contributed by atoms with Crippen molar-refractivity contribution >= 4 is 0 Å². The van der Waals surface area contributed by atoms with Crippen molar-refractivity contribution in [2.24, 2.45) is 5.92 Å². The van der Waals surface area contributed by atoms with Crippen molar-refractivity contribution in [2.45, 2.75) is 72.1 Å². The third kappa shape index (κ3) is 5.80. The average molecular weight is 270 g/mol. The smallest absolute Gasteiger partial charge is 0.0752 e. The molecule has 1 fully saturated rings. The molecule has 0 aromatic heterocycles. The van der Waals surface area contributed by atoms with Crippen molar-refractivity contribution in [3.63, 3.8) is 0 Å². The number of hydrogen-bond acceptors (Lipinski definition) is 3. The van der Waals surface area contributed by atoms with Crippen LogP contribution in [0.3, 0.4) is 0 Å². The predicted octanol–water partition coefficient (Wildman–Crippen LogP) is 2.90. The molecule has 0 saturated carbocycles. The summed E-state index contributed by atoms with van der Waals surface area (Å²) in [6.45, 7) is 17.5. The maximum Gasteiger partial charge on any atom is 0.0752 e. The van der Waals surface area contributed by atoms with Crippen LogP contribution in [-0.4, -0.2) is 48.8 Å². The maximum absolute atomic E-state index is 5.88. The van der Waals surface area contributed by atoms with Gasteiger partial charge in [-0.15, -0.1) is 0 Å². The Hall–Kier alpha value is -0.120. The lowest BCUT2D eigenvalue weighted by Crippen LogP contribution is -2.59. The minimum Gasteiger partial charge on any atom is -0.375 e. The van der Waals surface area contributed by atoms with Crippen molar-refractivity contribution in [3.05, 3.63) is 0 Å². The molecule has 0 aromatic carbocycles. The molecule has 1 aliphatic heterocycles. The SMILES string of the molecule is CCOC(C)(C)CN1CC(CC(C)C)NCC1CC. The summed E-state index contributed by atoms with van der Waals surface area (Å²) in [5, 5.41) is 3.72. The van der Waals surface area contributed by atoms with Crippen LogP contribution < -0.4 is 5.32 Å². The van der Waals surface area contributed by atoms with E-state index < -0.39 is 0 Å². The number of ether oxygens (including phenoxy) is 1. The van der Waals surface area contributed by atoms with Gasteiger partial charge >= 0.3 is 0 Å². The minimum absolute atomic E-state index is 0.0398. The van der Waals surface area contributed by atoms with Crippen molar-refractivity contribution in [2.75, 3.05) is 26.2 Å². The van der Waals surface area contributed by atoms with Gasteiger partial charge in [-0.2, -0.15) is 0 Å². The fourth-order valence-electron chi connectivity index (χ4n) is 3.18. The van der Waals surface area contributed by atoms with E-state index in [1.165, 1.54) is 12.8 Å². The molecule has 0 aliphatic carbocycles. The molecule has 1 N–H and O–H groups in total. The van der Waals surface area contributed by atoms with Gasteiger partial charge in [0.25, 0.3) is 0 Å². The molecule has 0 spiro atoms. The van der Waals surface area contributed by atoms with E-state index in [1.807, 2.05) is 0 Å². The molecular formula is C16H34N2O. The molecule has 3 heteroatoms. The van der Waals surface area contributed by atoms with Crippen LogP contribution >= 0.6 is 0 Å². The lowest BCUT2D eigenvalue weighted by molar-refractivity contribution is -0.0498. The van der Waals surface area contributed by atoms with Gasteiger partial charge in [-0.1, -0.05) is 20.8 Å². The Labute approximate surface area is 120 Å². The second kappa shape index (κ2) is 7.61. The quantitative estimate of drug-likeness (QED) is 0.770. The zero-order valence-corrected chi connectivity index (χ0v) is 13.8. The van der Waals surface area contributed by atoms with Gasteiger partial charge in [-0.3, -0.25) is 4.90 Å². The van der Waals surface area contributed by atoms with Gasteiger partial charge in [0.05, 0.1) is 5.60 Å². The molecule has 1 aliphatic rings. The minimum atomic E-state index is -0.0398. The van der Waals surface area contributed by atoms with Gasteiger partial charge in [0.1, 0.15) is 0 Å². The monoisotopic (exact) mass is 270 g/mol. The van der Waals surface area contributed by atoms with Crippen LogP contribution in [-0.2, 0) is 4.74 Å². The van der Waals surface area contributed by atoms with Gasteiger partial charge in [0.15, 0.2) is 0 Å². The summed E-state index contributed by atoms with van der Waals surface area (Å²) >= 11 is 0. The Morgan fingerprint density at radius 2 is 2.00 bits per heavy atom. The summed E-state index contributed by atoms with van der Waals surface area (Å²) < 4.78 is 5.88. The zero-order valence-electron chi connectivity index (χ0n) is 13.8. The van der Waals surface area contributed by atoms with Crippen molar-refractivity contribution in [3.8, 4) is 0 Å². The number of nitrogens with zero attached hydrogens (tertiary/aromatic N) is 1. The first-order valence-electron chi connectivity index (χ1n) is 7.99. The second-order valence-corrected chi connectivity index (χ2v) is 6.92. The number of piperazine rings is 1. The Balaban J connectivity index is 2.59. The summed E-state index contributed by atoms with van der Waals surface area (Å²) in [5.74, 6) is 0.762. The average Bonchev–Trinajstić information content (AvgIpc) is 2.27. The highest BCUT2D eigenvalue weighted by Crippen LogP contribution is 2.20. The van der Waals surface area contributed by atoms with Crippen LogP contribution in [0.5, 0.6) is 0 Å². The fourth-order valence-corrected chi connectivity index (χ4v) is 3.18. The second-order valence-electron chi connectivity index (χ2n) is 6.92. The molecule has 0 radical (unpaired) electrons. The summed E-state index contributed by atoms with van der Waals surface area (Å²) in [7, 11) is 0. The van der Waals surface area contributed by atoms with E-state index in [2.05, 4.69) is 51.8 Å². The van der Waals surface area contributed by atoms with Gasteiger partial charge in [0.2, 0.25) is 0 Å². The highest BCUT2D eigenvalue weighted by Gasteiger charge is 2.31. The van der Waals surface area contributed by atoms with E-state index in [0.29, 0.717) is 12.1 Å². The molecule has 0 bridgehead atoms. The summed E-state index contributed by atoms with van der Waals surface area (Å²) in [5.41, 5.74) is -0.0398. The molecule has 3 nitrogen and oxygen atoms in total. The van der Waals surface area contributed by atoms with Gasteiger partial charge in [0, 0.05) is 38.3 Å². The van der Waals surface area contributed by atoms with Gasteiger partial charge in [-0.05, 0) is 39.5 Å². The molecule has 1 heterocycles. The van der Waals surface area contributed by atoms with E-state index >= 15 is 0 Å². The van der Waals surface area contributed by atoms with E-state index in [1.54, 1.807) is 0 Å². The lowest BCUT2D eigenvalue weighted by Gasteiger charge is -2.44. The van der Waals surface area contributed by atoms with Crippen LogP contribution in [0.2, 0.25) is 0 Å². The van der Waals surface area contributed by atoms with Crippen molar-refractivity contribution < 1.29 is 4.74 Å². The first kappa shape index (κ1) is 16.9. The molecule has 2 unspecified atom stereocenters. The molecule has 1 rings (SSSR count). The largest absolute Gasteiger partial charge is 0.375 e. The Kier molecular flexibility index (Phi) is 6.78. The third-order valence-corrected chi connectivity index (χ3v) is 3.96. The topological polar surface area (TPSA) is 24.5 Å². The van der Waals surface area contributed by atoms with E-state index in [0.717, 1.165) is 32.2 Å². The first-order valence-corrected chi connectivity index (χ1v) is 7.99. The summed E-state index contributed by atoms with van der Waals surface area (Å²) in [6.07, 6.45) is 2.48. The van der Waals surface area contributed by atoms with Crippen LogP contribution in [0.4, 0.5) is 0 Å². The van der Waals surface area contributed by atoms with E-state index in [-0.39, 0.29) is 5.60 Å².